The maximum atomic E-state index is 10.0. The first kappa shape index (κ1) is 20.2. The second kappa shape index (κ2) is 8.05. The summed E-state index contributed by atoms with van der Waals surface area (Å²) in [6, 6.07) is 1.87. The van der Waals surface area contributed by atoms with Crippen molar-refractivity contribution < 1.29 is 9.84 Å². The van der Waals surface area contributed by atoms with Gasteiger partial charge in [-0.1, -0.05) is 0 Å². The Morgan fingerprint density at radius 2 is 1.05 bits per heavy atom. The lowest BCUT2D eigenvalue weighted by Gasteiger charge is -2.17. The van der Waals surface area contributed by atoms with Gasteiger partial charge in [0.25, 0.3) is 0 Å². The van der Waals surface area contributed by atoms with Crippen LogP contribution in [0.1, 0.15) is 0 Å². The summed E-state index contributed by atoms with van der Waals surface area (Å²) in [5, 5.41) is 10.0. The van der Waals surface area contributed by atoms with E-state index >= 15 is 0 Å². The molecule has 0 amide bonds. The molecule has 0 aliphatic rings. The molecule has 10 heteroatoms. The SMILES string of the molecule is Oc1c(Br)c(Br)c(Oc2c(Br)cc(Br)c(Br)c2Br)c(Br)c1Br. The minimum Gasteiger partial charge on any atom is -0.505 e. The lowest BCUT2D eigenvalue weighted by Crippen LogP contribution is -1.93. The Morgan fingerprint density at radius 3 is 1.55 bits per heavy atom. The van der Waals surface area contributed by atoms with Crippen molar-refractivity contribution in [3.63, 3.8) is 0 Å². The quantitative estimate of drug-likeness (QED) is 0.242. The molecule has 0 fully saturated rings. The molecule has 2 rings (SSSR count). The summed E-state index contributed by atoms with van der Waals surface area (Å²) in [7, 11) is 0. The molecule has 0 radical (unpaired) electrons. The van der Waals surface area contributed by atoms with Crippen LogP contribution in [0.3, 0.4) is 0 Å². The molecule has 2 aromatic carbocycles. The maximum absolute atomic E-state index is 10.0. The topological polar surface area (TPSA) is 29.5 Å². The van der Waals surface area contributed by atoms with Crippen LogP contribution in [0.2, 0.25) is 0 Å². The van der Waals surface area contributed by atoms with Gasteiger partial charge in [-0.3, -0.25) is 0 Å². The molecule has 1 N–H and O–H groups in total. The van der Waals surface area contributed by atoms with Crippen LogP contribution in [0.5, 0.6) is 17.2 Å². The van der Waals surface area contributed by atoms with Crippen molar-refractivity contribution in [2.45, 2.75) is 0 Å². The van der Waals surface area contributed by atoms with Crippen molar-refractivity contribution >= 4 is 127 Å². The first-order chi connectivity index (χ1) is 10.2. The molecule has 0 aliphatic carbocycles. The number of phenolic OH excluding ortho intramolecular Hbond substituents is 1. The van der Waals surface area contributed by atoms with Gasteiger partial charge in [0.15, 0.2) is 11.5 Å². The molecular weight excluding hydrogens is 815 g/mol. The average Bonchev–Trinajstić information content (AvgIpc) is 2.48. The van der Waals surface area contributed by atoms with E-state index in [4.69, 9.17) is 4.74 Å². The molecule has 2 aromatic rings. The van der Waals surface area contributed by atoms with Crippen LogP contribution >= 0.6 is 127 Å². The minimum absolute atomic E-state index is 0.0706. The van der Waals surface area contributed by atoms with E-state index in [0.29, 0.717) is 29.4 Å². The Kier molecular flexibility index (Phi) is 7.39. The predicted molar refractivity (Wildman–Crippen MR) is 116 cm³/mol. The normalized spacial score (nSPS) is 10.9. The number of halogens is 8. The van der Waals surface area contributed by atoms with Gasteiger partial charge in [-0.15, -0.1) is 0 Å². The largest absolute Gasteiger partial charge is 0.505 e. The zero-order chi connectivity index (χ0) is 16.8. The first-order valence-corrected chi connectivity index (χ1v) is 11.6. The van der Waals surface area contributed by atoms with Crippen molar-refractivity contribution in [2.75, 3.05) is 0 Å². The maximum Gasteiger partial charge on any atom is 0.158 e. The van der Waals surface area contributed by atoms with Gasteiger partial charge < -0.3 is 9.84 Å². The zero-order valence-corrected chi connectivity index (χ0v) is 22.6. The van der Waals surface area contributed by atoms with Crippen molar-refractivity contribution in [3.8, 4) is 17.2 Å². The fraction of sp³-hybridized carbons (Fsp3) is 0. The van der Waals surface area contributed by atoms with Gasteiger partial charge >= 0.3 is 0 Å². The van der Waals surface area contributed by atoms with Gasteiger partial charge in [0.05, 0.1) is 26.8 Å². The van der Waals surface area contributed by atoms with Gasteiger partial charge in [0.1, 0.15) is 5.75 Å². The number of benzene rings is 2. The van der Waals surface area contributed by atoms with E-state index < -0.39 is 0 Å². The second-order valence-electron chi connectivity index (χ2n) is 3.83. The highest BCUT2D eigenvalue weighted by molar-refractivity contribution is 9.15. The molecule has 0 unspecified atom stereocenters. The van der Waals surface area contributed by atoms with Crippen LogP contribution in [-0.2, 0) is 0 Å². The van der Waals surface area contributed by atoms with E-state index in [0.717, 1.165) is 17.9 Å². The van der Waals surface area contributed by atoms with E-state index in [-0.39, 0.29) is 5.75 Å². The van der Waals surface area contributed by atoms with Gasteiger partial charge in [-0.2, -0.15) is 0 Å². The molecular formula is C12H2Br8O2. The molecule has 0 saturated heterocycles. The number of ether oxygens (including phenoxy) is 1. The Labute approximate surface area is 193 Å². The van der Waals surface area contributed by atoms with E-state index in [1.165, 1.54) is 0 Å². The Hall–Kier alpha value is 1.88. The molecule has 0 aromatic heterocycles. The van der Waals surface area contributed by atoms with Crippen molar-refractivity contribution in [2.24, 2.45) is 0 Å². The van der Waals surface area contributed by atoms with Crippen LogP contribution in [-0.4, -0.2) is 5.11 Å². The van der Waals surface area contributed by atoms with Crippen LogP contribution in [0.4, 0.5) is 0 Å². The summed E-state index contributed by atoms with van der Waals surface area (Å²) in [6.07, 6.45) is 0. The Bertz CT molecular complexity index is 746. The van der Waals surface area contributed by atoms with Crippen LogP contribution in [0.25, 0.3) is 0 Å². The number of rotatable bonds is 2. The summed E-state index contributed by atoms with van der Waals surface area (Å²) in [6.45, 7) is 0. The highest BCUT2D eigenvalue weighted by Gasteiger charge is 2.23. The summed E-state index contributed by atoms with van der Waals surface area (Å²) in [5.74, 6) is 1.16. The van der Waals surface area contributed by atoms with Crippen LogP contribution < -0.4 is 4.74 Å². The molecule has 22 heavy (non-hydrogen) atoms. The highest BCUT2D eigenvalue weighted by Crippen LogP contribution is 2.53. The highest BCUT2D eigenvalue weighted by atomic mass is 79.9. The van der Waals surface area contributed by atoms with E-state index in [2.05, 4.69) is 127 Å². The van der Waals surface area contributed by atoms with E-state index in [1.807, 2.05) is 6.07 Å². The predicted octanol–water partition coefficient (Wildman–Crippen LogP) is 9.28. The molecule has 0 heterocycles. The lowest BCUT2D eigenvalue weighted by molar-refractivity contribution is 0.450. The van der Waals surface area contributed by atoms with Crippen molar-refractivity contribution in [3.05, 3.63) is 41.8 Å². The molecule has 118 valence electrons. The number of aromatic hydroxyl groups is 1. The summed E-state index contributed by atoms with van der Waals surface area (Å²) < 4.78 is 11.4. The summed E-state index contributed by atoms with van der Waals surface area (Å²) in [5.41, 5.74) is 0. The molecule has 0 spiro atoms. The number of hydrogen-bond donors (Lipinski definition) is 1. The average molecular weight is 817 g/mol. The monoisotopic (exact) mass is 809 g/mol. The molecule has 0 saturated carbocycles. The third-order valence-electron chi connectivity index (χ3n) is 2.48. The molecule has 2 nitrogen and oxygen atoms in total. The smallest absolute Gasteiger partial charge is 0.158 e. The summed E-state index contributed by atoms with van der Waals surface area (Å²) in [4.78, 5) is 0. The van der Waals surface area contributed by atoms with E-state index in [1.54, 1.807) is 0 Å². The third kappa shape index (κ3) is 3.83. The van der Waals surface area contributed by atoms with Gasteiger partial charge in [0, 0.05) is 8.95 Å². The van der Waals surface area contributed by atoms with Crippen molar-refractivity contribution in [1.29, 1.82) is 0 Å². The zero-order valence-electron chi connectivity index (χ0n) is 9.96. The van der Waals surface area contributed by atoms with Crippen LogP contribution in [0, 0.1) is 0 Å². The minimum atomic E-state index is 0.0706. The fourth-order valence-electron chi connectivity index (χ4n) is 1.43. The van der Waals surface area contributed by atoms with Gasteiger partial charge in [-0.25, -0.2) is 0 Å². The fourth-order valence-corrected chi connectivity index (χ4v) is 6.23. The molecule has 0 bridgehead atoms. The Morgan fingerprint density at radius 1 is 0.591 bits per heavy atom. The molecule has 0 aliphatic heterocycles. The third-order valence-corrected chi connectivity index (χ3v) is 10.5. The first-order valence-electron chi connectivity index (χ1n) is 5.22. The standard InChI is InChI=1S/C12H2Br8O2/c13-2-1-3(14)11(7(18)4(2)15)22-12-8(19)5(16)10(21)6(17)9(12)20/h1,21H. The number of hydrogen-bond acceptors (Lipinski definition) is 2. The Balaban J connectivity index is 2.66. The van der Waals surface area contributed by atoms with Crippen molar-refractivity contribution in [1.82, 2.24) is 0 Å². The second-order valence-corrected chi connectivity index (χ2v) is 10.3. The van der Waals surface area contributed by atoms with Crippen LogP contribution in [0.15, 0.2) is 41.8 Å². The van der Waals surface area contributed by atoms with E-state index in [9.17, 15) is 5.11 Å². The van der Waals surface area contributed by atoms with Gasteiger partial charge in [-0.05, 0) is 134 Å². The lowest BCUT2D eigenvalue weighted by atomic mass is 10.3. The summed E-state index contributed by atoms with van der Waals surface area (Å²) >= 11 is 27.4. The number of phenols is 1. The van der Waals surface area contributed by atoms with Gasteiger partial charge in [0.2, 0.25) is 0 Å². The molecule has 0 atom stereocenters.